The maximum Gasteiger partial charge on any atom is 0.148 e. The largest absolute Gasteiger partial charge is 0.489 e. The van der Waals surface area contributed by atoms with Crippen molar-refractivity contribution in [1.82, 2.24) is 0 Å². The van der Waals surface area contributed by atoms with Crippen molar-refractivity contribution >= 4 is 11.6 Å². The number of rotatable bonds is 4. The first-order valence-corrected chi connectivity index (χ1v) is 9.23. The van der Waals surface area contributed by atoms with Gasteiger partial charge in [-0.25, -0.2) is 4.39 Å². The van der Waals surface area contributed by atoms with Crippen molar-refractivity contribution in [2.24, 2.45) is 11.8 Å². The summed E-state index contributed by atoms with van der Waals surface area (Å²) in [7, 11) is 0. The summed E-state index contributed by atoms with van der Waals surface area (Å²) in [6.45, 7) is 5.90. The summed E-state index contributed by atoms with van der Waals surface area (Å²) in [5.41, 5.74) is 0.519. The third-order valence-electron chi connectivity index (χ3n) is 5.13. The number of hydrogen-bond acceptors (Lipinski definition) is 3. The Labute approximate surface area is 148 Å². The summed E-state index contributed by atoms with van der Waals surface area (Å²) < 4.78 is 31.4. The molecule has 2 saturated heterocycles. The lowest BCUT2D eigenvalue weighted by molar-refractivity contribution is -0.107. The Morgan fingerprint density at radius 2 is 2.00 bits per heavy atom. The van der Waals surface area contributed by atoms with Gasteiger partial charge in [-0.3, -0.25) is 0 Å². The molecule has 0 N–H and O–H groups in total. The molecule has 134 valence electrons. The molecule has 4 atom stereocenters. The molecule has 2 fully saturated rings. The van der Waals surface area contributed by atoms with Gasteiger partial charge in [-0.05, 0) is 50.2 Å². The quantitative estimate of drug-likeness (QED) is 0.777. The molecular weight excluding hydrogens is 331 g/mol. The molecule has 0 aliphatic carbocycles. The van der Waals surface area contributed by atoms with Crippen LogP contribution in [0, 0.1) is 24.6 Å². The molecule has 5 heteroatoms. The Morgan fingerprint density at radius 3 is 2.67 bits per heavy atom. The summed E-state index contributed by atoms with van der Waals surface area (Å²) in [5, 5.41) is 0.0495. The summed E-state index contributed by atoms with van der Waals surface area (Å²) in [5.74, 6) is 1.12. The van der Waals surface area contributed by atoms with Gasteiger partial charge in [0.25, 0.3) is 0 Å². The van der Waals surface area contributed by atoms with Crippen LogP contribution in [0.3, 0.4) is 0 Å². The molecule has 3 nitrogen and oxygen atoms in total. The molecule has 1 aromatic rings. The van der Waals surface area contributed by atoms with Gasteiger partial charge in [0.2, 0.25) is 0 Å². The lowest BCUT2D eigenvalue weighted by Gasteiger charge is -2.37. The highest BCUT2D eigenvalue weighted by Crippen LogP contribution is 2.32. The van der Waals surface area contributed by atoms with Crippen LogP contribution in [-0.2, 0) is 9.47 Å². The summed E-state index contributed by atoms with van der Waals surface area (Å²) in [6.07, 6.45) is 4.77. The van der Waals surface area contributed by atoms with Gasteiger partial charge in [0.15, 0.2) is 0 Å². The molecule has 2 aliphatic rings. The van der Waals surface area contributed by atoms with Crippen LogP contribution in [0.5, 0.6) is 5.75 Å². The third-order valence-corrected chi connectivity index (χ3v) is 5.49. The van der Waals surface area contributed by atoms with Crippen LogP contribution < -0.4 is 4.74 Å². The molecule has 1 aromatic carbocycles. The summed E-state index contributed by atoms with van der Waals surface area (Å²) >= 11 is 6.00. The highest BCUT2D eigenvalue weighted by Gasteiger charge is 2.31. The molecule has 0 radical (unpaired) electrons. The zero-order chi connectivity index (χ0) is 17.1. The molecule has 0 bridgehead atoms. The van der Waals surface area contributed by atoms with Crippen molar-refractivity contribution in [1.29, 1.82) is 0 Å². The summed E-state index contributed by atoms with van der Waals surface area (Å²) in [6, 6.07) is 3.39. The second kappa shape index (κ2) is 8.03. The number of aryl methyl sites for hydroxylation is 1. The minimum atomic E-state index is -0.414. The van der Waals surface area contributed by atoms with Crippen molar-refractivity contribution < 1.29 is 18.6 Å². The van der Waals surface area contributed by atoms with Gasteiger partial charge >= 0.3 is 0 Å². The molecule has 3 rings (SSSR count). The standard InChI is InChI=1S/C19H26ClFO3/c1-12-3-7-16(23-9-12)14-5-6-15(22-10-14)11-24-17-8-4-13(2)19(21)18(17)20/h4,8,12,14-16H,3,5-7,9-11H2,1-2H3/t12?,14?,15-,16-/m0/s1. The van der Waals surface area contributed by atoms with Gasteiger partial charge in [0.1, 0.15) is 23.2 Å². The Morgan fingerprint density at radius 1 is 1.17 bits per heavy atom. The number of halogens is 2. The predicted molar refractivity (Wildman–Crippen MR) is 92.2 cm³/mol. The van der Waals surface area contributed by atoms with Crippen molar-refractivity contribution in [3.63, 3.8) is 0 Å². The van der Waals surface area contributed by atoms with Crippen LogP contribution in [0.2, 0.25) is 5.02 Å². The second-order valence-corrected chi connectivity index (χ2v) is 7.54. The monoisotopic (exact) mass is 356 g/mol. The van der Waals surface area contributed by atoms with Gasteiger partial charge in [0, 0.05) is 12.5 Å². The Hall–Kier alpha value is -0.840. The van der Waals surface area contributed by atoms with Crippen LogP contribution in [0.25, 0.3) is 0 Å². The van der Waals surface area contributed by atoms with Crippen LogP contribution in [0.15, 0.2) is 12.1 Å². The first-order chi connectivity index (χ1) is 11.5. The number of benzene rings is 1. The van der Waals surface area contributed by atoms with Crippen molar-refractivity contribution in [2.45, 2.75) is 51.7 Å². The van der Waals surface area contributed by atoms with Gasteiger partial charge < -0.3 is 14.2 Å². The predicted octanol–water partition coefficient (Wildman–Crippen LogP) is 4.78. The van der Waals surface area contributed by atoms with E-state index in [4.69, 9.17) is 25.8 Å². The first kappa shape index (κ1) is 18.0. The van der Waals surface area contributed by atoms with Gasteiger partial charge in [0.05, 0.1) is 18.8 Å². The molecule has 24 heavy (non-hydrogen) atoms. The average molecular weight is 357 g/mol. The van der Waals surface area contributed by atoms with E-state index >= 15 is 0 Å². The minimum absolute atomic E-state index is 0.0317. The van der Waals surface area contributed by atoms with Crippen molar-refractivity contribution in [3.05, 3.63) is 28.5 Å². The van der Waals surface area contributed by atoms with E-state index < -0.39 is 5.82 Å². The molecule has 0 spiro atoms. The van der Waals surface area contributed by atoms with E-state index in [-0.39, 0.29) is 11.1 Å². The van der Waals surface area contributed by atoms with Crippen LogP contribution in [-0.4, -0.2) is 32.0 Å². The maximum absolute atomic E-state index is 13.8. The smallest absolute Gasteiger partial charge is 0.148 e. The minimum Gasteiger partial charge on any atom is -0.489 e. The fourth-order valence-electron chi connectivity index (χ4n) is 3.45. The average Bonchev–Trinajstić information content (AvgIpc) is 2.60. The topological polar surface area (TPSA) is 27.7 Å². The third kappa shape index (κ3) is 4.22. The normalized spacial score (nSPS) is 31.0. The Bertz CT molecular complexity index is 550. The van der Waals surface area contributed by atoms with E-state index in [1.54, 1.807) is 19.1 Å². The molecule has 0 saturated carbocycles. The molecule has 0 aromatic heterocycles. The van der Waals surface area contributed by atoms with Crippen molar-refractivity contribution in [3.8, 4) is 5.75 Å². The van der Waals surface area contributed by atoms with Crippen LogP contribution in [0.4, 0.5) is 4.39 Å². The van der Waals surface area contributed by atoms with Crippen LogP contribution >= 0.6 is 11.6 Å². The summed E-state index contributed by atoms with van der Waals surface area (Å²) in [4.78, 5) is 0. The molecule has 2 heterocycles. The van der Waals surface area contributed by atoms with E-state index in [0.717, 1.165) is 25.9 Å². The highest BCUT2D eigenvalue weighted by atomic mass is 35.5. The SMILES string of the molecule is Cc1ccc(OC[C@@H]2CCC([C@@H]3CCC(C)CO3)CO2)c(Cl)c1F. The van der Waals surface area contributed by atoms with Crippen LogP contribution in [0.1, 0.15) is 38.2 Å². The van der Waals surface area contributed by atoms with E-state index in [0.29, 0.717) is 42.5 Å². The second-order valence-electron chi connectivity index (χ2n) is 7.17. The molecule has 0 amide bonds. The highest BCUT2D eigenvalue weighted by molar-refractivity contribution is 6.32. The van der Waals surface area contributed by atoms with E-state index in [1.165, 1.54) is 6.42 Å². The fourth-order valence-corrected chi connectivity index (χ4v) is 3.72. The van der Waals surface area contributed by atoms with Gasteiger partial charge in [-0.2, -0.15) is 0 Å². The van der Waals surface area contributed by atoms with Gasteiger partial charge in [-0.15, -0.1) is 0 Å². The number of hydrogen-bond donors (Lipinski definition) is 0. The molecular formula is C19H26ClFO3. The maximum atomic E-state index is 13.8. The van der Waals surface area contributed by atoms with E-state index in [1.807, 2.05) is 0 Å². The lowest BCUT2D eigenvalue weighted by atomic mass is 9.87. The van der Waals surface area contributed by atoms with Crippen molar-refractivity contribution in [2.75, 3.05) is 19.8 Å². The zero-order valence-corrected chi connectivity index (χ0v) is 15.2. The fraction of sp³-hybridized carbons (Fsp3) is 0.684. The van der Waals surface area contributed by atoms with E-state index in [9.17, 15) is 4.39 Å². The zero-order valence-electron chi connectivity index (χ0n) is 14.4. The Balaban J connectivity index is 1.45. The van der Waals surface area contributed by atoms with E-state index in [2.05, 4.69) is 6.92 Å². The molecule has 2 aliphatic heterocycles. The Kier molecular flexibility index (Phi) is 6.01. The lowest BCUT2D eigenvalue weighted by Crippen LogP contribution is -2.39. The van der Waals surface area contributed by atoms with Gasteiger partial charge in [-0.1, -0.05) is 24.6 Å². The first-order valence-electron chi connectivity index (χ1n) is 8.85. The number of ether oxygens (including phenoxy) is 3. The molecule has 2 unspecified atom stereocenters.